The summed E-state index contributed by atoms with van der Waals surface area (Å²) in [4.78, 5) is 34.9. The Kier molecular flexibility index (Phi) is 7.42. The molecule has 166 valence electrons. The molecule has 1 aromatic rings. The van der Waals surface area contributed by atoms with E-state index in [0.29, 0.717) is 24.6 Å². The van der Waals surface area contributed by atoms with Gasteiger partial charge in [0.05, 0.1) is 29.1 Å². The molecule has 0 bridgehead atoms. The zero-order valence-corrected chi connectivity index (χ0v) is 18.0. The standard InChI is InChI=1S/C18H30ClN9O2/c1-26-3-5-28(6-4-26)13-7-14(20)22-9-12(13)24-18(29)15(16(21)25-30)17-23-8-11(19)10-27(17)2/h7,9,11,15-17,23H,3-6,8,10,21H2,1-2H3,(H2,20,22)(H,24,29). The average molecular weight is 440 g/mol. The number of hydrogen-bond acceptors (Lipinski definition) is 10. The minimum atomic E-state index is -1.22. The summed E-state index contributed by atoms with van der Waals surface area (Å²) < 4.78 is 0. The lowest BCUT2D eigenvalue weighted by molar-refractivity contribution is -0.123. The number of likely N-dealkylation sites (N-methyl/N-ethyl adjacent to an activating group) is 1. The SMILES string of the molecule is CN1CCN(c2cc(N)ncc2NC(=O)C(C(N)N=O)C2NCC(Cl)CN2C)CC1. The summed E-state index contributed by atoms with van der Waals surface area (Å²) in [5, 5.41) is 8.93. The molecule has 3 heterocycles. The van der Waals surface area contributed by atoms with Crippen molar-refractivity contribution in [2.75, 3.05) is 69.3 Å². The van der Waals surface area contributed by atoms with E-state index in [2.05, 4.69) is 37.6 Å². The molecular weight excluding hydrogens is 410 g/mol. The highest BCUT2D eigenvalue weighted by atomic mass is 35.5. The Morgan fingerprint density at radius 3 is 2.70 bits per heavy atom. The van der Waals surface area contributed by atoms with Crippen molar-refractivity contribution in [1.82, 2.24) is 20.1 Å². The van der Waals surface area contributed by atoms with Gasteiger partial charge in [-0.2, -0.15) is 0 Å². The minimum absolute atomic E-state index is 0.0968. The minimum Gasteiger partial charge on any atom is -0.384 e. The van der Waals surface area contributed by atoms with Crippen LogP contribution in [0.15, 0.2) is 17.4 Å². The zero-order valence-electron chi connectivity index (χ0n) is 17.3. The number of carbonyl (C=O) groups is 1. The molecule has 2 aliphatic heterocycles. The van der Waals surface area contributed by atoms with Crippen molar-refractivity contribution in [2.24, 2.45) is 16.8 Å². The highest BCUT2D eigenvalue weighted by Gasteiger charge is 2.40. The van der Waals surface area contributed by atoms with Crippen molar-refractivity contribution in [3.05, 3.63) is 17.2 Å². The van der Waals surface area contributed by atoms with E-state index in [1.807, 2.05) is 11.9 Å². The van der Waals surface area contributed by atoms with Crippen molar-refractivity contribution in [3.63, 3.8) is 0 Å². The smallest absolute Gasteiger partial charge is 0.234 e. The largest absolute Gasteiger partial charge is 0.384 e. The maximum Gasteiger partial charge on any atom is 0.234 e. The molecule has 4 unspecified atom stereocenters. The summed E-state index contributed by atoms with van der Waals surface area (Å²) in [6.07, 6.45) is -0.155. The van der Waals surface area contributed by atoms with Gasteiger partial charge in [-0.05, 0) is 14.1 Å². The number of anilines is 3. The van der Waals surface area contributed by atoms with Crippen LogP contribution in [0.2, 0.25) is 0 Å². The normalized spacial score (nSPS) is 25.5. The number of nitrogen functional groups attached to an aromatic ring is 1. The Bertz CT molecular complexity index is 759. The number of rotatable bonds is 6. The van der Waals surface area contributed by atoms with Crippen molar-refractivity contribution in [2.45, 2.75) is 17.7 Å². The van der Waals surface area contributed by atoms with E-state index in [1.54, 1.807) is 6.07 Å². The average Bonchev–Trinajstić information content (AvgIpc) is 2.71. The molecule has 3 rings (SSSR count). The van der Waals surface area contributed by atoms with Crippen LogP contribution in [0, 0.1) is 10.8 Å². The fourth-order valence-corrected chi connectivity index (χ4v) is 4.24. The van der Waals surface area contributed by atoms with E-state index in [4.69, 9.17) is 23.1 Å². The van der Waals surface area contributed by atoms with Gasteiger partial charge < -0.3 is 26.6 Å². The Labute approximate surface area is 181 Å². The van der Waals surface area contributed by atoms with E-state index in [1.165, 1.54) is 6.20 Å². The van der Waals surface area contributed by atoms with Gasteiger partial charge in [-0.15, -0.1) is 16.5 Å². The molecule has 0 spiro atoms. The van der Waals surface area contributed by atoms with E-state index >= 15 is 0 Å². The maximum absolute atomic E-state index is 13.2. The lowest BCUT2D eigenvalue weighted by atomic mass is 9.98. The number of nitrogens with one attached hydrogen (secondary N) is 2. The predicted molar refractivity (Wildman–Crippen MR) is 118 cm³/mol. The molecule has 12 heteroatoms. The number of carbonyl (C=O) groups excluding carboxylic acids is 1. The van der Waals surface area contributed by atoms with Crippen molar-refractivity contribution >= 4 is 34.7 Å². The molecule has 4 atom stereocenters. The molecular formula is C18H30ClN9O2. The molecule has 2 aliphatic rings. The number of amides is 1. The first-order chi connectivity index (χ1) is 14.3. The molecule has 6 N–H and O–H groups in total. The van der Waals surface area contributed by atoms with Gasteiger partial charge in [0.25, 0.3) is 0 Å². The quantitative estimate of drug-likeness (QED) is 0.340. The number of hydrogen-bond donors (Lipinski definition) is 4. The second kappa shape index (κ2) is 9.84. The number of nitroso groups, excluding NO2 is 1. The lowest BCUT2D eigenvalue weighted by Crippen LogP contribution is -2.62. The molecule has 0 aliphatic carbocycles. The van der Waals surface area contributed by atoms with Crippen LogP contribution in [0.5, 0.6) is 0 Å². The first kappa shape index (κ1) is 22.6. The van der Waals surface area contributed by atoms with Gasteiger partial charge in [0.2, 0.25) is 5.91 Å². The van der Waals surface area contributed by atoms with Crippen molar-refractivity contribution in [3.8, 4) is 0 Å². The van der Waals surface area contributed by atoms with Gasteiger partial charge in [0.15, 0.2) is 6.17 Å². The first-order valence-electron chi connectivity index (χ1n) is 9.95. The number of aromatic nitrogens is 1. The molecule has 0 aromatic carbocycles. The van der Waals surface area contributed by atoms with E-state index in [9.17, 15) is 9.70 Å². The number of pyridine rings is 1. The Morgan fingerprint density at radius 2 is 2.07 bits per heavy atom. The number of nitrogens with zero attached hydrogens (tertiary/aromatic N) is 5. The third kappa shape index (κ3) is 5.16. The highest BCUT2D eigenvalue weighted by Crippen LogP contribution is 2.29. The van der Waals surface area contributed by atoms with Crippen LogP contribution in [0.25, 0.3) is 0 Å². The third-order valence-corrected chi connectivity index (χ3v) is 5.94. The summed E-state index contributed by atoms with van der Waals surface area (Å²) in [6.45, 7) is 4.45. The Morgan fingerprint density at radius 1 is 1.37 bits per heavy atom. The molecule has 2 saturated heterocycles. The molecule has 1 amide bonds. The molecule has 1 aromatic heterocycles. The third-order valence-electron chi connectivity index (χ3n) is 5.65. The van der Waals surface area contributed by atoms with Crippen LogP contribution >= 0.6 is 11.6 Å². The summed E-state index contributed by atoms with van der Waals surface area (Å²) in [6, 6.07) is 1.75. The molecule has 0 radical (unpaired) electrons. The Hall–Kier alpha value is -2.05. The molecule has 2 fully saturated rings. The Balaban J connectivity index is 1.83. The molecule has 11 nitrogen and oxygen atoms in total. The van der Waals surface area contributed by atoms with Crippen molar-refractivity contribution < 1.29 is 4.79 Å². The summed E-state index contributed by atoms with van der Waals surface area (Å²) in [5.74, 6) is -0.956. The molecule has 30 heavy (non-hydrogen) atoms. The van der Waals surface area contributed by atoms with Crippen LogP contribution in [0.4, 0.5) is 17.2 Å². The summed E-state index contributed by atoms with van der Waals surface area (Å²) in [5.41, 5.74) is 13.1. The second-order valence-electron chi connectivity index (χ2n) is 7.92. The van der Waals surface area contributed by atoms with Crippen LogP contribution in [0.3, 0.4) is 0 Å². The number of alkyl halides is 1. The topological polar surface area (TPSA) is 145 Å². The van der Waals surface area contributed by atoms with E-state index < -0.39 is 24.2 Å². The summed E-state index contributed by atoms with van der Waals surface area (Å²) in [7, 11) is 3.89. The predicted octanol–water partition coefficient (Wildman–Crippen LogP) is -0.510. The van der Waals surface area contributed by atoms with Gasteiger partial charge in [-0.1, -0.05) is 5.18 Å². The van der Waals surface area contributed by atoms with Crippen LogP contribution in [0.1, 0.15) is 0 Å². The monoisotopic (exact) mass is 439 g/mol. The highest BCUT2D eigenvalue weighted by molar-refractivity contribution is 6.21. The lowest BCUT2D eigenvalue weighted by Gasteiger charge is -2.40. The number of nitrogens with two attached hydrogens (primary N) is 2. The van der Waals surface area contributed by atoms with Gasteiger partial charge in [-0.25, -0.2) is 4.98 Å². The maximum atomic E-state index is 13.2. The van der Waals surface area contributed by atoms with Crippen molar-refractivity contribution in [1.29, 1.82) is 0 Å². The van der Waals surface area contributed by atoms with E-state index in [-0.39, 0.29) is 5.38 Å². The zero-order chi connectivity index (χ0) is 21.8. The second-order valence-corrected chi connectivity index (χ2v) is 8.53. The van der Waals surface area contributed by atoms with Crippen LogP contribution in [-0.2, 0) is 4.79 Å². The van der Waals surface area contributed by atoms with Crippen LogP contribution < -0.4 is 27.0 Å². The number of halogens is 1. The van der Waals surface area contributed by atoms with E-state index in [0.717, 1.165) is 31.9 Å². The van der Waals surface area contributed by atoms with Crippen LogP contribution in [-0.4, -0.2) is 91.8 Å². The van der Waals surface area contributed by atoms with Gasteiger partial charge in [0.1, 0.15) is 11.7 Å². The van der Waals surface area contributed by atoms with Gasteiger partial charge in [0, 0.05) is 45.3 Å². The van der Waals surface area contributed by atoms with Gasteiger partial charge >= 0.3 is 0 Å². The fraction of sp³-hybridized carbons (Fsp3) is 0.667. The molecule has 0 saturated carbocycles. The first-order valence-corrected chi connectivity index (χ1v) is 10.4. The van der Waals surface area contributed by atoms with Gasteiger partial charge in [-0.3, -0.25) is 15.0 Å². The fourth-order valence-electron chi connectivity index (χ4n) is 3.93. The summed E-state index contributed by atoms with van der Waals surface area (Å²) >= 11 is 6.19. The number of piperazine rings is 1.